The molecule has 0 amide bonds. The van der Waals surface area contributed by atoms with E-state index in [2.05, 4.69) is 80.0 Å². The van der Waals surface area contributed by atoms with Gasteiger partial charge < -0.3 is 5.32 Å². The molecule has 2 nitrogen and oxygen atoms in total. The van der Waals surface area contributed by atoms with Gasteiger partial charge in [0.2, 0.25) is 0 Å². The van der Waals surface area contributed by atoms with Crippen LogP contribution in [0.3, 0.4) is 0 Å². The van der Waals surface area contributed by atoms with Gasteiger partial charge in [-0.15, -0.1) is 0 Å². The van der Waals surface area contributed by atoms with Gasteiger partial charge in [0.05, 0.1) is 5.31 Å². The Hall–Kier alpha value is -3.66. The van der Waals surface area contributed by atoms with Crippen LogP contribution in [-0.4, -0.2) is 0 Å². The summed E-state index contributed by atoms with van der Waals surface area (Å²) in [7, 11) is -2.45. The van der Waals surface area contributed by atoms with Crippen LogP contribution in [0.2, 0.25) is 0 Å². The summed E-state index contributed by atoms with van der Waals surface area (Å²) in [5, 5.41) is 17.9. The van der Waals surface area contributed by atoms with E-state index in [0.717, 1.165) is 32.7 Å². The van der Waals surface area contributed by atoms with Gasteiger partial charge in [-0.2, -0.15) is 0 Å². The highest BCUT2D eigenvalue weighted by Crippen LogP contribution is 2.62. The molecule has 0 bridgehead atoms. The van der Waals surface area contributed by atoms with Crippen molar-refractivity contribution in [3.63, 3.8) is 0 Å². The van der Waals surface area contributed by atoms with E-state index in [1.807, 2.05) is 60.7 Å². The molecule has 4 rings (SSSR count). The number of anilines is 1. The average molecular weight is 433 g/mol. The van der Waals surface area contributed by atoms with Crippen LogP contribution >= 0.6 is 7.26 Å². The lowest BCUT2D eigenvalue weighted by Crippen LogP contribution is -2.32. The number of hydrogen-bond donors (Lipinski definition) is 1. The molecule has 0 aliphatic heterocycles. The van der Waals surface area contributed by atoms with Crippen LogP contribution < -0.4 is 21.2 Å². The molecule has 3 heteroatoms. The first-order chi connectivity index (χ1) is 15.7. The molecule has 0 saturated carbocycles. The van der Waals surface area contributed by atoms with Crippen LogP contribution in [0.5, 0.6) is 0 Å². The van der Waals surface area contributed by atoms with E-state index in [1.54, 1.807) is 0 Å². The largest absolute Gasteiger partial charge is 0.464 e. The number of allylic oxidation sites excluding steroid dienone is 1. The standard InChI is InChI=1S/C29H25N2P/c1-23-13-12-14-24(2)29(23)31-22-28(21-30)32(25-15-6-3-7-16-25,26-17-8-4-9-18-26)27-19-10-5-11-20-27/h3-20,31H,1-2H3. The molecule has 0 spiro atoms. The highest BCUT2D eigenvalue weighted by Gasteiger charge is 2.47. The van der Waals surface area contributed by atoms with Crippen LogP contribution in [0.15, 0.2) is 115 Å². The molecule has 0 aromatic heterocycles. The Labute approximate surface area is 191 Å². The Morgan fingerprint density at radius 3 is 1.44 bits per heavy atom. The molecule has 0 aliphatic rings. The molecule has 32 heavy (non-hydrogen) atoms. The minimum absolute atomic E-state index is 0.615. The second-order valence-electron chi connectivity index (χ2n) is 7.65. The lowest BCUT2D eigenvalue weighted by Gasteiger charge is -2.30. The van der Waals surface area contributed by atoms with Crippen molar-refractivity contribution < 1.29 is 0 Å². The fraction of sp³-hybridized carbons (Fsp3) is 0.0690. The second kappa shape index (κ2) is 9.65. The van der Waals surface area contributed by atoms with Crippen LogP contribution in [0.4, 0.5) is 5.69 Å². The van der Waals surface area contributed by atoms with Crippen molar-refractivity contribution in [2.24, 2.45) is 0 Å². The minimum atomic E-state index is -2.45. The van der Waals surface area contributed by atoms with Crippen molar-refractivity contribution in [3.8, 4) is 6.07 Å². The SMILES string of the molecule is Cc1cccc(C)c1N[C-]=C(C#N)[P+](c1ccccc1)(c1ccccc1)c1ccccc1. The number of para-hydroxylation sites is 1. The third-order valence-corrected chi connectivity index (χ3v) is 9.76. The maximum Gasteiger partial charge on any atom is 0.129 e. The first kappa shape index (κ1) is 21.6. The fourth-order valence-corrected chi connectivity index (χ4v) is 8.01. The summed E-state index contributed by atoms with van der Waals surface area (Å²) in [5.74, 6) is 0. The minimum Gasteiger partial charge on any atom is -0.464 e. The number of nitrogens with zero attached hydrogens (tertiary/aromatic N) is 1. The first-order valence-corrected chi connectivity index (χ1v) is 12.4. The molecule has 0 aliphatic carbocycles. The molecular weight excluding hydrogens is 407 g/mol. The van der Waals surface area contributed by atoms with Crippen molar-refractivity contribution in [3.05, 3.63) is 132 Å². The summed E-state index contributed by atoms with van der Waals surface area (Å²) < 4.78 is 0. The van der Waals surface area contributed by atoms with E-state index < -0.39 is 7.26 Å². The Bertz CT molecular complexity index is 1140. The zero-order valence-corrected chi connectivity index (χ0v) is 19.2. The van der Waals surface area contributed by atoms with Crippen molar-refractivity contribution >= 4 is 28.9 Å². The molecule has 4 aromatic rings. The molecule has 1 N–H and O–H groups in total. The zero-order valence-electron chi connectivity index (χ0n) is 18.3. The van der Waals surface area contributed by atoms with Crippen LogP contribution in [-0.2, 0) is 0 Å². The predicted octanol–water partition coefficient (Wildman–Crippen LogP) is 5.88. The number of rotatable bonds is 6. The third kappa shape index (κ3) is 3.96. The fourth-order valence-electron chi connectivity index (χ4n) is 4.11. The third-order valence-electron chi connectivity index (χ3n) is 5.66. The van der Waals surface area contributed by atoms with Gasteiger partial charge in [0.1, 0.15) is 23.2 Å². The van der Waals surface area contributed by atoms with Gasteiger partial charge in [0.15, 0.2) is 0 Å². The van der Waals surface area contributed by atoms with Gasteiger partial charge >= 0.3 is 0 Å². The molecule has 0 radical (unpaired) electrons. The summed E-state index contributed by atoms with van der Waals surface area (Å²) in [4.78, 5) is 0. The molecule has 0 fully saturated rings. The lowest BCUT2D eigenvalue weighted by atomic mass is 10.1. The van der Waals surface area contributed by atoms with Gasteiger partial charge in [-0.25, -0.2) is 0 Å². The van der Waals surface area contributed by atoms with Crippen LogP contribution in [0.1, 0.15) is 11.1 Å². The van der Waals surface area contributed by atoms with Crippen molar-refractivity contribution in [2.45, 2.75) is 13.8 Å². The topological polar surface area (TPSA) is 35.8 Å². The van der Waals surface area contributed by atoms with E-state index in [-0.39, 0.29) is 0 Å². The summed E-state index contributed by atoms with van der Waals surface area (Å²) in [5.41, 5.74) is 3.24. The Balaban J connectivity index is 2.01. The van der Waals surface area contributed by atoms with Crippen LogP contribution in [0, 0.1) is 31.4 Å². The smallest absolute Gasteiger partial charge is 0.129 e. The van der Waals surface area contributed by atoms with Crippen molar-refractivity contribution in [1.82, 2.24) is 0 Å². The average Bonchev–Trinajstić information content (AvgIpc) is 2.85. The maximum atomic E-state index is 10.5. The highest BCUT2D eigenvalue weighted by molar-refractivity contribution is 7.99. The molecule has 0 atom stereocenters. The first-order valence-electron chi connectivity index (χ1n) is 10.6. The van der Waals surface area contributed by atoms with E-state index in [1.165, 1.54) is 0 Å². The molecule has 0 heterocycles. The Morgan fingerprint density at radius 2 is 1.06 bits per heavy atom. The molecule has 0 unspecified atom stereocenters. The molecular formula is C29H25N2P. The number of aryl methyl sites for hydroxylation is 2. The summed E-state index contributed by atoms with van der Waals surface area (Å²) in [6, 6.07) is 39.8. The second-order valence-corrected chi connectivity index (χ2v) is 11.0. The predicted molar refractivity (Wildman–Crippen MR) is 137 cm³/mol. The van der Waals surface area contributed by atoms with Gasteiger partial charge in [-0.05, 0) is 62.5 Å². The number of nitriles is 1. The Kier molecular flexibility index (Phi) is 6.50. The number of hydrogen-bond acceptors (Lipinski definition) is 2. The molecule has 156 valence electrons. The maximum absolute atomic E-state index is 10.5. The lowest BCUT2D eigenvalue weighted by molar-refractivity contribution is 1.35. The normalized spacial score (nSPS) is 11.6. The Morgan fingerprint density at radius 1 is 0.656 bits per heavy atom. The number of nitrogens with one attached hydrogen (secondary N) is 1. The highest BCUT2D eigenvalue weighted by atomic mass is 31.2. The van der Waals surface area contributed by atoms with Gasteiger partial charge in [0.25, 0.3) is 0 Å². The monoisotopic (exact) mass is 432 g/mol. The van der Waals surface area contributed by atoms with E-state index in [4.69, 9.17) is 0 Å². The summed E-state index contributed by atoms with van der Waals surface area (Å²) in [6.07, 6.45) is 3.36. The summed E-state index contributed by atoms with van der Waals surface area (Å²) >= 11 is 0. The quantitative estimate of drug-likeness (QED) is 0.179. The zero-order chi connectivity index (χ0) is 22.4. The van der Waals surface area contributed by atoms with Crippen LogP contribution in [0.25, 0.3) is 0 Å². The van der Waals surface area contributed by atoms with Gasteiger partial charge in [-0.1, -0.05) is 89.6 Å². The van der Waals surface area contributed by atoms with Crippen molar-refractivity contribution in [2.75, 3.05) is 5.32 Å². The number of benzene rings is 4. The van der Waals surface area contributed by atoms with E-state index >= 15 is 0 Å². The van der Waals surface area contributed by atoms with Crippen molar-refractivity contribution in [1.29, 1.82) is 5.26 Å². The molecule has 0 saturated heterocycles. The van der Waals surface area contributed by atoms with E-state index in [0.29, 0.717) is 5.31 Å². The van der Waals surface area contributed by atoms with Gasteiger partial charge in [0, 0.05) is 0 Å². The van der Waals surface area contributed by atoms with E-state index in [9.17, 15) is 5.26 Å². The molecule has 4 aromatic carbocycles. The summed E-state index contributed by atoms with van der Waals surface area (Å²) in [6.45, 7) is 4.13. The van der Waals surface area contributed by atoms with Gasteiger partial charge in [-0.3, -0.25) is 5.26 Å².